The summed E-state index contributed by atoms with van der Waals surface area (Å²) in [6, 6.07) is 13.5. The highest BCUT2D eigenvalue weighted by atomic mass is 16.6. The van der Waals surface area contributed by atoms with Crippen molar-refractivity contribution in [3.63, 3.8) is 0 Å². The van der Waals surface area contributed by atoms with Gasteiger partial charge in [-0.2, -0.15) is 9.94 Å². The van der Waals surface area contributed by atoms with Crippen LogP contribution in [0.1, 0.15) is 51.5 Å². The molecule has 0 aliphatic carbocycles. The maximum Gasteiger partial charge on any atom is 0.295 e. The van der Waals surface area contributed by atoms with Crippen molar-refractivity contribution >= 4 is 39.9 Å². The third kappa shape index (κ3) is 14.0. The summed E-state index contributed by atoms with van der Waals surface area (Å²) < 4.78 is 28.7. The molecule has 2 amide bonds. The van der Waals surface area contributed by atoms with Gasteiger partial charge >= 0.3 is 0 Å². The number of allylic oxidation sites excluding steroid dienone is 1. The Balaban J connectivity index is 0.815. The summed E-state index contributed by atoms with van der Waals surface area (Å²) in [7, 11) is 1.44. The van der Waals surface area contributed by atoms with Gasteiger partial charge in [0.2, 0.25) is 5.82 Å². The molecule has 21 heteroatoms. The standard InChI is InChI=1S/C49H59N13O8/c1-3-21-67-23-25-69-27-28-70-26-24-68-22-20-60-18-16-59(17-19-60)13-7-12-51-42-29-38(55-34-56-42)31-54-48(64)46-57-35-62(58-46)47-44-43(41(66-2)33-53-47)40(32-52-44)45(63)49(65)61-14-10-37(11-15-61)39(30-50)36-8-5-4-6-9-36/h1,4-6,8-9,29,32-35,52H,7,10-28,31H2,2H3,(H,54,64)(H,51,55,56). The van der Waals surface area contributed by atoms with Crippen LogP contribution in [0.3, 0.4) is 0 Å². The lowest BCUT2D eigenvalue weighted by molar-refractivity contribution is -0.126. The van der Waals surface area contributed by atoms with Crippen molar-refractivity contribution in [2.75, 3.05) is 124 Å². The second kappa shape index (κ2) is 26.6. The highest BCUT2D eigenvalue weighted by Crippen LogP contribution is 2.33. The van der Waals surface area contributed by atoms with E-state index in [0.717, 1.165) is 63.4 Å². The van der Waals surface area contributed by atoms with E-state index in [9.17, 15) is 19.6 Å². The summed E-state index contributed by atoms with van der Waals surface area (Å²) in [6.45, 7) is 11.3. The number of piperazine rings is 1. The summed E-state index contributed by atoms with van der Waals surface area (Å²) in [5.41, 5.74) is 3.44. The quantitative estimate of drug-likeness (QED) is 0.0237. The van der Waals surface area contributed by atoms with Crippen LogP contribution in [0.5, 0.6) is 5.75 Å². The first-order chi connectivity index (χ1) is 34.4. The van der Waals surface area contributed by atoms with Crippen molar-refractivity contribution in [2.24, 2.45) is 0 Å². The minimum absolute atomic E-state index is 0.103. The molecule has 2 fully saturated rings. The molecule has 0 bridgehead atoms. The van der Waals surface area contributed by atoms with Crippen LogP contribution in [0.4, 0.5) is 5.82 Å². The summed E-state index contributed by atoms with van der Waals surface area (Å²) in [5.74, 6) is 1.53. The third-order valence-corrected chi connectivity index (χ3v) is 11.8. The Morgan fingerprint density at radius 3 is 2.26 bits per heavy atom. The molecule has 0 radical (unpaired) electrons. The van der Waals surface area contributed by atoms with Gasteiger partial charge in [-0.05, 0) is 36.9 Å². The summed E-state index contributed by atoms with van der Waals surface area (Å²) in [4.78, 5) is 67.4. The van der Waals surface area contributed by atoms with Crippen LogP contribution in [0.2, 0.25) is 0 Å². The van der Waals surface area contributed by atoms with Crippen LogP contribution in [0.25, 0.3) is 22.3 Å². The average Bonchev–Trinajstić information content (AvgIpc) is 4.08. The number of anilines is 1. The Labute approximate surface area is 406 Å². The Hall–Kier alpha value is -7.11. The van der Waals surface area contributed by atoms with Gasteiger partial charge < -0.3 is 49.1 Å². The maximum absolute atomic E-state index is 13.8. The number of nitriles is 1. The monoisotopic (exact) mass is 957 g/mol. The largest absolute Gasteiger partial charge is 0.494 e. The number of pyridine rings is 1. The van der Waals surface area contributed by atoms with Gasteiger partial charge in [0.1, 0.15) is 30.8 Å². The summed E-state index contributed by atoms with van der Waals surface area (Å²) in [6.07, 6.45) is 12.7. The number of hydrogen-bond donors (Lipinski definition) is 3. The van der Waals surface area contributed by atoms with E-state index in [1.807, 2.05) is 30.3 Å². The lowest BCUT2D eigenvalue weighted by atomic mass is 9.93. The first kappa shape index (κ1) is 50.8. The van der Waals surface area contributed by atoms with Crippen LogP contribution in [0, 0.1) is 23.7 Å². The predicted octanol–water partition coefficient (Wildman–Crippen LogP) is 2.77. The van der Waals surface area contributed by atoms with Crippen molar-refractivity contribution in [1.82, 2.24) is 54.7 Å². The number of terminal acetylenes is 1. The van der Waals surface area contributed by atoms with Crippen LogP contribution < -0.4 is 15.4 Å². The molecule has 5 aromatic rings. The highest BCUT2D eigenvalue weighted by Gasteiger charge is 2.31. The number of nitrogens with zero attached hydrogens (tertiary/aromatic N) is 10. The number of rotatable bonds is 26. The topological polar surface area (TPSA) is 240 Å². The zero-order valence-electron chi connectivity index (χ0n) is 39.4. The molecule has 6 heterocycles. The molecule has 7 rings (SSSR count). The Morgan fingerprint density at radius 1 is 0.857 bits per heavy atom. The van der Waals surface area contributed by atoms with Gasteiger partial charge in [-0.1, -0.05) is 36.3 Å². The second-order valence-electron chi connectivity index (χ2n) is 16.3. The number of amides is 2. The minimum Gasteiger partial charge on any atom is -0.494 e. The van der Waals surface area contributed by atoms with Gasteiger partial charge in [-0.15, -0.1) is 11.5 Å². The van der Waals surface area contributed by atoms with E-state index in [0.29, 0.717) is 107 Å². The number of Topliss-reactive ketones (excluding diaryl/α,β-unsaturated/α-hetero) is 1. The average molecular weight is 958 g/mol. The molecule has 2 aliphatic heterocycles. The van der Waals surface area contributed by atoms with Gasteiger partial charge in [0.05, 0.1) is 99.9 Å². The van der Waals surface area contributed by atoms with Crippen LogP contribution in [-0.4, -0.2) is 186 Å². The van der Waals surface area contributed by atoms with E-state index >= 15 is 0 Å². The van der Waals surface area contributed by atoms with E-state index in [2.05, 4.69) is 62.4 Å². The third-order valence-electron chi connectivity index (χ3n) is 11.8. The number of aromatic amines is 1. The van der Waals surface area contributed by atoms with Crippen LogP contribution >= 0.6 is 0 Å². The lowest BCUT2D eigenvalue weighted by Crippen LogP contribution is -2.47. The Kier molecular flexibility index (Phi) is 19.3. The smallest absolute Gasteiger partial charge is 0.295 e. The number of carbonyl (C=O) groups excluding carboxylic acids is 3. The summed E-state index contributed by atoms with van der Waals surface area (Å²) in [5, 5.41) is 20.8. The molecule has 368 valence electrons. The molecule has 70 heavy (non-hydrogen) atoms. The fourth-order valence-corrected chi connectivity index (χ4v) is 8.10. The number of methoxy groups -OCH3 is 1. The Bertz CT molecular complexity index is 2620. The number of aromatic nitrogens is 7. The molecular formula is C49H59N13O8. The normalized spacial score (nSPS) is 14.3. The molecule has 21 nitrogen and oxygen atoms in total. The molecular weight excluding hydrogens is 899 g/mol. The van der Waals surface area contributed by atoms with Crippen molar-refractivity contribution in [2.45, 2.75) is 25.8 Å². The molecule has 2 aliphatic rings. The van der Waals surface area contributed by atoms with Gasteiger partial charge in [0, 0.05) is 64.6 Å². The molecule has 0 spiro atoms. The SMILES string of the molecule is C#CCOCCOCCOCCOCCN1CCN(CCCNc2cc(CNC(=O)c3ncn(-c4ncc(OC)c5c(C(=O)C(=O)N6CCC(=C(C#N)c7ccccc7)CC6)c[nH]c45)n3)ncn2)CC1. The van der Waals surface area contributed by atoms with E-state index in [4.69, 9.17) is 30.1 Å². The number of ketones is 1. The first-order valence-corrected chi connectivity index (χ1v) is 23.4. The number of ether oxygens (including phenoxy) is 5. The van der Waals surface area contributed by atoms with Crippen LogP contribution in [0.15, 0.2) is 67.0 Å². The van der Waals surface area contributed by atoms with Gasteiger partial charge in [-0.3, -0.25) is 19.3 Å². The van der Waals surface area contributed by atoms with Crippen molar-refractivity contribution in [3.8, 4) is 30.0 Å². The number of nitrogens with one attached hydrogen (secondary N) is 3. The second-order valence-corrected chi connectivity index (χ2v) is 16.3. The van der Waals surface area contributed by atoms with Crippen molar-refractivity contribution < 1.29 is 38.1 Å². The first-order valence-electron chi connectivity index (χ1n) is 23.4. The fourth-order valence-electron chi connectivity index (χ4n) is 8.10. The number of benzene rings is 1. The molecule has 0 atom stereocenters. The van der Waals surface area contributed by atoms with Gasteiger partial charge in [-0.25, -0.2) is 19.9 Å². The predicted molar refractivity (Wildman–Crippen MR) is 258 cm³/mol. The zero-order valence-corrected chi connectivity index (χ0v) is 39.4. The summed E-state index contributed by atoms with van der Waals surface area (Å²) >= 11 is 0. The molecule has 0 unspecified atom stereocenters. The van der Waals surface area contributed by atoms with Crippen molar-refractivity contribution in [3.05, 3.63) is 89.7 Å². The van der Waals surface area contributed by atoms with Crippen LogP contribution in [-0.2, 0) is 30.3 Å². The van der Waals surface area contributed by atoms with Crippen molar-refractivity contribution in [1.29, 1.82) is 5.26 Å². The van der Waals surface area contributed by atoms with E-state index < -0.39 is 17.6 Å². The number of likely N-dealkylation sites (tertiary alicyclic amines) is 1. The van der Waals surface area contributed by atoms with Gasteiger partial charge in [0.15, 0.2) is 5.82 Å². The van der Waals surface area contributed by atoms with E-state index in [-0.39, 0.29) is 29.5 Å². The number of carbonyl (C=O) groups is 3. The molecule has 3 N–H and O–H groups in total. The lowest BCUT2D eigenvalue weighted by Gasteiger charge is -2.34. The zero-order chi connectivity index (χ0) is 48.9. The highest BCUT2D eigenvalue weighted by molar-refractivity contribution is 6.45. The van der Waals surface area contributed by atoms with E-state index in [1.165, 1.54) is 41.7 Å². The van der Waals surface area contributed by atoms with E-state index in [1.54, 1.807) is 6.07 Å². The minimum atomic E-state index is -0.721. The number of fused-ring (bicyclic) bond motifs is 1. The molecule has 0 saturated carbocycles. The molecule has 4 aromatic heterocycles. The number of piperidine rings is 1. The Morgan fingerprint density at radius 2 is 1.56 bits per heavy atom. The number of hydrogen-bond acceptors (Lipinski definition) is 17. The molecule has 2 saturated heterocycles. The van der Waals surface area contributed by atoms with Gasteiger partial charge in [0.25, 0.3) is 17.6 Å². The number of H-pyrrole nitrogens is 1. The maximum atomic E-state index is 13.8. The fraction of sp³-hybridized carbons (Fsp3) is 0.449. The molecule has 1 aromatic carbocycles.